The van der Waals surface area contributed by atoms with Crippen molar-refractivity contribution >= 4 is 34.3 Å². The number of hydrogen-bond donors (Lipinski definition) is 3. The molecule has 0 amide bonds. The normalized spacial score (nSPS) is 16.3. The molecular weight excluding hydrogens is 454 g/mol. The van der Waals surface area contributed by atoms with Gasteiger partial charge < -0.3 is 15.3 Å². The number of carboxylic acid groups (broad SMARTS) is 1. The van der Waals surface area contributed by atoms with E-state index in [4.69, 9.17) is 11.6 Å². The van der Waals surface area contributed by atoms with Crippen molar-refractivity contribution in [3.63, 3.8) is 0 Å². The number of fused-ring (bicyclic) bond motifs is 1. The zero-order chi connectivity index (χ0) is 23.1. The molecule has 1 aliphatic rings. The number of anilines is 1. The van der Waals surface area contributed by atoms with Gasteiger partial charge in [0.15, 0.2) is 0 Å². The van der Waals surface area contributed by atoms with Crippen molar-refractivity contribution < 1.29 is 18.7 Å². The molecule has 1 atom stereocenters. The monoisotopic (exact) mass is 470 g/mol. The molecule has 1 fully saturated rings. The molecule has 33 heavy (non-hydrogen) atoms. The summed E-state index contributed by atoms with van der Waals surface area (Å²) in [6, 6.07) is 6.62. The first-order valence-electron chi connectivity index (χ1n) is 10.1. The third kappa shape index (κ3) is 3.98. The highest BCUT2D eigenvalue weighted by Crippen LogP contribution is 2.34. The van der Waals surface area contributed by atoms with Crippen LogP contribution in [0.2, 0.25) is 5.02 Å². The van der Waals surface area contributed by atoms with Gasteiger partial charge in [-0.05, 0) is 24.3 Å². The number of benzene rings is 1. The van der Waals surface area contributed by atoms with Gasteiger partial charge in [-0.2, -0.15) is 5.10 Å². The molecule has 1 aliphatic heterocycles. The number of aromatic amines is 1. The molecule has 1 aromatic carbocycles. The van der Waals surface area contributed by atoms with E-state index in [1.807, 2.05) is 11.0 Å². The quantitative estimate of drug-likeness (QED) is 0.392. The Balaban J connectivity index is 1.53. The van der Waals surface area contributed by atoms with Gasteiger partial charge in [-0.25, -0.2) is 13.8 Å². The fraction of sp³-hybridized carbons (Fsp3) is 0.182. The van der Waals surface area contributed by atoms with E-state index in [1.165, 1.54) is 12.3 Å². The maximum Gasteiger partial charge on any atom is 0.322 e. The number of rotatable bonds is 4. The van der Waals surface area contributed by atoms with E-state index in [2.05, 4.69) is 25.5 Å². The number of halogens is 3. The topological polar surface area (TPSA) is 107 Å². The number of piperazine rings is 1. The minimum Gasteiger partial charge on any atom is -0.480 e. The van der Waals surface area contributed by atoms with Crippen molar-refractivity contribution in [1.29, 1.82) is 0 Å². The Labute approximate surface area is 191 Å². The minimum absolute atomic E-state index is 0.0724. The zero-order valence-corrected chi connectivity index (χ0v) is 17.8. The van der Waals surface area contributed by atoms with Gasteiger partial charge in [-0.15, -0.1) is 0 Å². The van der Waals surface area contributed by atoms with Crippen LogP contribution in [0, 0.1) is 11.6 Å². The predicted octanol–water partition coefficient (Wildman–Crippen LogP) is 3.48. The summed E-state index contributed by atoms with van der Waals surface area (Å²) in [5, 5.41) is 18.8. The van der Waals surface area contributed by atoms with Crippen LogP contribution in [-0.4, -0.2) is 56.9 Å². The number of pyridine rings is 2. The molecule has 4 aromatic rings. The first kappa shape index (κ1) is 21.2. The van der Waals surface area contributed by atoms with Gasteiger partial charge in [0.25, 0.3) is 0 Å². The highest BCUT2D eigenvalue weighted by atomic mass is 35.5. The first-order valence-corrected chi connectivity index (χ1v) is 10.4. The fourth-order valence-electron chi connectivity index (χ4n) is 3.87. The lowest BCUT2D eigenvalue weighted by molar-refractivity contribution is -0.139. The summed E-state index contributed by atoms with van der Waals surface area (Å²) in [7, 11) is 0. The number of aliphatic carboxylic acids is 1. The summed E-state index contributed by atoms with van der Waals surface area (Å²) >= 11 is 5.85. The lowest BCUT2D eigenvalue weighted by atomic mass is 10.0. The average molecular weight is 471 g/mol. The highest BCUT2D eigenvalue weighted by molar-refractivity contribution is 6.31. The van der Waals surface area contributed by atoms with Crippen molar-refractivity contribution in [3.05, 3.63) is 59.4 Å². The van der Waals surface area contributed by atoms with Crippen LogP contribution in [-0.2, 0) is 4.79 Å². The van der Waals surface area contributed by atoms with E-state index in [0.717, 1.165) is 11.8 Å². The van der Waals surface area contributed by atoms with E-state index in [1.54, 1.807) is 18.3 Å². The molecule has 5 rings (SSSR count). The lowest BCUT2D eigenvalue weighted by Crippen LogP contribution is -2.54. The van der Waals surface area contributed by atoms with Crippen LogP contribution in [0.3, 0.4) is 0 Å². The second-order valence-electron chi connectivity index (χ2n) is 7.62. The highest BCUT2D eigenvalue weighted by Gasteiger charge is 2.25. The first-order chi connectivity index (χ1) is 15.9. The summed E-state index contributed by atoms with van der Waals surface area (Å²) in [5.74, 6) is -2.53. The number of nitrogens with zero attached hydrogens (tertiary/aromatic N) is 4. The Kier molecular flexibility index (Phi) is 5.39. The van der Waals surface area contributed by atoms with Crippen molar-refractivity contribution in [2.45, 2.75) is 6.04 Å². The average Bonchev–Trinajstić information content (AvgIpc) is 3.30. The molecule has 0 spiro atoms. The van der Waals surface area contributed by atoms with E-state index in [9.17, 15) is 18.7 Å². The smallest absolute Gasteiger partial charge is 0.322 e. The lowest BCUT2D eigenvalue weighted by Gasteiger charge is -2.33. The van der Waals surface area contributed by atoms with Gasteiger partial charge in [0.05, 0.1) is 45.5 Å². The summed E-state index contributed by atoms with van der Waals surface area (Å²) in [4.78, 5) is 22.4. The summed E-state index contributed by atoms with van der Waals surface area (Å²) in [6.45, 7) is 1.47. The number of H-pyrrole nitrogens is 1. The number of carboxylic acids is 1. The number of nitrogens with one attached hydrogen (secondary N) is 2. The van der Waals surface area contributed by atoms with Gasteiger partial charge in [0.1, 0.15) is 17.7 Å². The van der Waals surface area contributed by atoms with Crippen LogP contribution in [0.4, 0.5) is 14.5 Å². The largest absolute Gasteiger partial charge is 0.480 e. The second kappa shape index (κ2) is 8.38. The van der Waals surface area contributed by atoms with Crippen LogP contribution in [0.5, 0.6) is 0 Å². The van der Waals surface area contributed by atoms with Crippen LogP contribution >= 0.6 is 11.6 Å². The third-order valence-corrected chi connectivity index (χ3v) is 5.85. The molecule has 3 aromatic heterocycles. The van der Waals surface area contributed by atoms with E-state index in [0.29, 0.717) is 47.6 Å². The van der Waals surface area contributed by atoms with E-state index in [-0.39, 0.29) is 10.6 Å². The molecule has 8 nitrogen and oxygen atoms in total. The van der Waals surface area contributed by atoms with Crippen LogP contribution in [0.1, 0.15) is 0 Å². The molecule has 0 radical (unpaired) electrons. The summed E-state index contributed by atoms with van der Waals surface area (Å²) in [6.07, 6.45) is 3.19. The van der Waals surface area contributed by atoms with Crippen molar-refractivity contribution in [2.75, 3.05) is 24.5 Å². The third-order valence-electron chi connectivity index (χ3n) is 5.56. The molecule has 1 saturated heterocycles. The molecule has 3 N–H and O–H groups in total. The molecule has 4 heterocycles. The number of carbonyl (C=O) groups is 1. The zero-order valence-electron chi connectivity index (χ0n) is 17.0. The Morgan fingerprint density at radius 2 is 1.97 bits per heavy atom. The Bertz CT molecular complexity index is 1380. The van der Waals surface area contributed by atoms with Crippen LogP contribution in [0.15, 0.2) is 42.7 Å². The molecule has 0 saturated carbocycles. The maximum absolute atomic E-state index is 14.5. The second-order valence-corrected chi connectivity index (χ2v) is 8.03. The summed E-state index contributed by atoms with van der Waals surface area (Å²) < 4.78 is 28.1. The molecule has 168 valence electrons. The van der Waals surface area contributed by atoms with Crippen molar-refractivity contribution in [1.82, 2.24) is 25.5 Å². The van der Waals surface area contributed by atoms with Gasteiger partial charge in [0, 0.05) is 36.8 Å². The molecule has 0 aliphatic carbocycles. The Morgan fingerprint density at radius 3 is 2.79 bits per heavy atom. The van der Waals surface area contributed by atoms with Gasteiger partial charge in [0.2, 0.25) is 0 Å². The fourth-order valence-corrected chi connectivity index (χ4v) is 4.03. The Hall–Kier alpha value is -3.63. The molecule has 0 unspecified atom stereocenters. The van der Waals surface area contributed by atoms with Gasteiger partial charge in [-0.3, -0.25) is 14.9 Å². The van der Waals surface area contributed by atoms with E-state index < -0.39 is 23.6 Å². The van der Waals surface area contributed by atoms with Crippen LogP contribution in [0.25, 0.3) is 33.5 Å². The van der Waals surface area contributed by atoms with Crippen LogP contribution < -0.4 is 10.2 Å². The number of aromatic nitrogens is 4. The van der Waals surface area contributed by atoms with E-state index >= 15 is 0 Å². The molecule has 0 bridgehead atoms. The van der Waals surface area contributed by atoms with Gasteiger partial charge in [-0.1, -0.05) is 11.6 Å². The molecule has 11 heteroatoms. The Morgan fingerprint density at radius 1 is 1.12 bits per heavy atom. The minimum atomic E-state index is -0.908. The maximum atomic E-state index is 14.5. The molecular formula is C22H17ClF2N6O2. The standard InChI is InChI=1S/C22H17ClF2N6O2/c23-14-6-12(15(24)7-16(14)25)21-13(9-28-30-21)17-1-2-18-19(29-17)5-11(8-27-18)31-4-3-26-20(10-31)22(32)33/h1-2,5-9,20,26H,3-4,10H2,(H,28,30)(H,32,33)/t20-/m1/s1. The van der Waals surface area contributed by atoms with Crippen molar-refractivity contribution in [2.24, 2.45) is 0 Å². The summed E-state index contributed by atoms with van der Waals surface area (Å²) in [5.41, 5.74) is 3.39. The van der Waals surface area contributed by atoms with Crippen molar-refractivity contribution in [3.8, 4) is 22.5 Å². The van der Waals surface area contributed by atoms with Gasteiger partial charge >= 0.3 is 5.97 Å². The number of hydrogen-bond acceptors (Lipinski definition) is 6. The predicted molar refractivity (Wildman–Crippen MR) is 119 cm³/mol. The SMILES string of the molecule is O=C(O)[C@H]1CN(c2cnc3ccc(-c4cn[nH]c4-c4cc(Cl)c(F)cc4F)nc3c2)CCN1.